The van der Waals surface area contributed by atoms with E-state index >= 15 is 0 Å². The molecule has 0 aliphatic heterocycles. The lowest BCUT2D eigenvalue weighted by Gasteiger charge is -2.60. The summed E-state index contributed by atoms with van der Waals surface area (Å²) in [5.41, 5.74) is 14.9. The number of hydrogen-bond acceptors (Lipinski definition) is 11. The van der Waals surface area contributed by atoms with Crippen molar-refractivity contribution in [1.82, 2.24) is 4.90 Å². The van der Waals surface area contributed by atoms with E-state index in [9.17, 15) is 34.3 Å². The number of nitriles is 1. The lowest BCUT2D eigenvalue weighted by Crippen LogP contribution is -2.85. The number of rotatable bonds is 3. The van der Waals surface area contributed by atoms with Crippen LogP contribution in [0.4, 0.5) is 5.69 Å². The number of carbonyl (C=O) groups excluding carboxylic acids is 5. The van der Waals surface area contributed by atoms with Crippen LogP contribution in [0.25, 0.3) is 0 Å². The van der Waals surface area contributed by atoms with Crippen LogP contribution in [0, 0.1) is 47.3 Å². The van der Waals surface area contributed by atoms with Gasteiger partial charge in [0.25, 0.3) is 0 Å². The molecule has 2 aromatic carbocycles. The molecule has 3 aliphatic carbocycles. The van der Waals surface area contributed by atoms with Gasteiger partial charge in [0, 0.05) is 30.9 Å². The number of nitrogens with zero attached hydrogens (tertiary/aromatic N) is 3. The maximum Gasteiger partial charge on any atom is 0.235 e. The Kier molecular flexibility index (Phi) is 7.25. The average Bonchev–Trinajstić information content (AvgIpc) is 2.92. The molecule has 12 nitrogen and oxygen atoms in total. The molecule has 6 atom stereocenters. The number of hydrogen-bond donors (Lipinski definition) is 4. The Morgan fingerprint density at radius 1 is 1.02 bits per heavy atom. The number of ketones is 4. The van der Waals surface area contributed by atoms with E-state index in [1.807, 2.05) is 31.2 Å². The van der Waals surface area contributed by atoms with Crippen molar-refractivity contribution in [2.45, 2.75) is 36.9 Å². The standard InChI is InChI=1S/C33H34N6O6/c1-16-6-8-17(9-7-16)10-11-18-12-20(38(2)3)19-13-31(36)14-33(37)27(39(4)5)26(42)22(30(35)45)28(43)32(33,15-34)29(44)23(31)25(41)21(19)24(18)40/h6-9,12,22-23,27,40H,13-14,36-37H2,1-5H3,(H2,35,45)/t22?,23?,27-,31-,32+,33-/m1/s1. The summed E-state index contributed by atoms with van der Waals surface area (Å²) >= 11 is 0. The summed E-state index contributed by atoms with van der Waals surface area (Å²) in [6.45, 7) is 1.93. The van der Waals surface area contributed by atoms with Gasteiger partial charge in [-0.05, 0) is 57.6 Å². The Bertz CT molecular complexity index is 1820. The van der Waals surface area contributed by atoms with Crippen molar-refractivity contribution < 1.29 is 29.1 Å². The number of phenols is 1. The van der Waals surface area contributed by atoms with E-state index in [1.165, 1.54) is 19.0 Å². The number of carbonyl (C=O) groups is 5. The lowest BCUT2D eigenvalue weighted by atomic mass is 9.42. The number of aromatic hydroxyl groups is 1. The topological polar surface area (TPSA) is 214 Å². The molecule has 2 saturated carbocycles. The smallest absolute Gasteiger partial charge is 0.235 e. The van der Waals surface area contributed by atoms with E-state index in [4.69, 9.17) is 17.2 Å². The second-order valence-electron chi connectivity index (χ2n) is 12.8. The molecule has 1 amide bonds. The van der Waals surface area contributed by atoms with Gasteiger partial charge in [0.15, 0.2) is 34.5 Å². The first-order valence-corrected chi connectivity index (χ1v) is 14.2. The van der Waals surface area contributed by atoms with Gasteiger partial charge in [0.05, 0.1) is 28.8 Å². The predicted molar refractivity (Wildman–Crippen MR) is 163 cm³/mol. The molecular weight excluding hydrogens is 576 g/mol. The van der Waals surface area contributed by atoms with Gasteiger partial charge < -0.3 is 27.2 Å². The fourth-order valence-corrected chi connectivity index (χ4v) is 7.53. The van der Waals surface area contributed by atoms with Gasteiger partial charge >= 0.3 is 0 Å². The third-order valence-electron chi connectivity index (χ3n) is 9.44. The number of fused-ring (bicyclic) bond motifs is 3. The van der Waals surface area contributed by atoms with Crippen molar-refractivity contribution in [2.24, 2.45) is 34.5 Å². The Labute approximate surface area is 260 Å². The second-order valence-corrected chi connectivity index (χ2v) is 12.8. The fourth-order valence-electron chi connectivity index (χ4n) is 7.53. The van der Waals surface area contributed by atoms with E-state index < -0.39 is 75.6 Å². The molecule has 3 aliphatic rings. The van der Waals surface area contributed by atoms with Crippen LogP contribution in [-0.2, 0) is 25.6 Å². The van der Waals surface area contributed by atoms with Gasteiger partial charge in [0.2, 0.25) is 5.91 Å². The minimum atomic E-state index is -2.81. The summed E-state index contributed by atoms with van der Waals surface area (Å²) in [4.78, 5) is 71.8. The molecular formula is C33H34N6O6. The summed E-state index contributed by atoms with van der Waals surface area (Å²) in [5, 5.41) is 22.0. The molecule has 0 heterocycles. The zero-order valence-electron chi connectivity index (χ0n) is 25.6. The SMILES string of the molecule is Cc1ccc(C#Cc2cc(N(C)C)c3c(c2O)C(=O)C2C(=O)[C@]4(C#N)C(=O)C(C(N)=O)C(=O)[C@@H](N(C)C)[C@]4(N)C[C@]2(N)C3)cc1. The van der Waals surface area contributed by atoms with Crippen LogP contribution in [0.1, 0.15) is 39.0 Å². The summed E-state index contributed by atoms with van der Waals surface area (Å²) in [6, 6.07) is 9.24. The first-order chi connectivity index (χ1) is 21.0. The molecule has 0 radical (unpaired) electrons. The van der Waals surface area contributed by atoms with Gasteiger partial charge in [-0.1, -0.05) is 29.5 Å². The molecule has 0 spiro atoms. The number of benzene rings is 2. The van der Waals surface area contributed by atoms with Crippen LogP contribution in [0.2, 0.25) is 0 Å². The van der Waals surface area contributed by atoms with Crippen molar-refractivity contribution in [1.29, 1.82) is 5.26 Å². The van der Waals surface area contributed by atoms with Gasteiger partial charge in [-0.3, -0.25) is 28.9 Å². The largest absolute Gasteiger partial charge is 0.506 e. The van der Waals surface area contributed by atoms with Crippen LogP contribution in [0.3, 0.4) is 0 Å². The van der Waals surface area contributed by atoms with Crippen molar-refractivity contribution >= 4 is 34.7 Å². The normalized spacial score (nSPS) is 30.4. The molecule has 5 rings (SSSR count). The minimum absolute atomic E-state index is 0.114. The molecule has 2 aromatic rings. The number of anilines is 1. The maximum absolute atomic E-state index is 14.6. The van der Waals surface area contributed by atoms with Gasteiger partial charge in [-0.25, -0.2) is 0 Å². The number of amides is 1. The maximum atomic E-state index is 14.6. The average molecular weight is 611 g/mol. The van der Waals surface area contributed by atoms with E-state index in [0.29, 0.717) is 16.8 Å². The van der Waals surface area contributed by atoms with E-state index in [2.05, 4.69) is 11.8 Å². The molecule has 2 fully saturated rings. The van der Waals surface area contributed by atoms with Crippen molar-refractivity contribution in [3.8, 4) is 23.7 Å². The predicted octanol–water partition coefficient (Wildman–Crippen LogP) is -0.417. The molecule has 0 bridgehead atoms. The molecule has 2 unspecified atom stereocenters. The second kappa shape index (κ2) is 10.3. The number of likely N-dealkylation sites (N-methyl/N-ethyl adjacent to an activating group) is 1. The van der Waals surface area contributed by atoms with Gasteiger partial charge in [0.1, 0.15) is 11.7 Å². The highest BCUT2D eigenvalue weighted by Crippen LogP contribution is 2.57. The number of Topliss-reactive ketones (excluding diaryl/α,β-unsaturated/α-hetero) is 4. The highest BCUT2D eigenvalue weighted by Gasteiger charge is 2.78. The van der Waals surface area contributed by atoms with E-state index in [0.717, 1.165) is 5.56 Å². The quantitative estimate of drug-likeness (QED) is 0.259. The molecule has 12 heteroatoms. The molecule has 0 aromatic heterocycles. The summed E-state index contributed by atoms with van der Waals surface area (Å²) < 4.78 is 0. The first kappa shape index (κ1) is 31.5. The van der Waals surface area contributed by atoms with Crippen molar-refractivity contribution in [3.05, 3.63) is 58.1 Å². The Morgan fingerprint density at radius 2 is 1.64 bits per heavy atom. The summed E-state index contributed by atoms with van der Waals surface area (Å²) in [7, 11) is 6.36. The van der Waals surface area contributed by atoms with Crippen molar-refractivity contribution in [3.63, 3.8) is 0 Å². The molecule has 45 heavy (non-hydrogen) atoms. The summed E-state index contributed by atoms with van der Waals surface area (Å²) in [6.07, 6.45) is -0.650. The van der Waals surface area contributed by atoms with E-state index in [1.54, 1.807) is 31.1 Å². The third-order valence-corrected chi connectivity index (χ3v) is 9.44. The van der Waals surface area contributed by atoms with Crippen LogP contribution < -0.4 is 22.1 Å². The first-order valence-electron chi connectivity index (χ1n) is 14.2. The highest BCUT2D eigenvalue weighted by molar-refractivity contribution is 6.33. The lowest BCUT2D eigenvalue weighted by molar-refractivity contribution is -0.166. The minimum Gasteiger partial charge on any atom is -0.506 e. The Morgan fingerprint density at radius 3 is 2.18 bits per heavy atom. The number of phenolic OH excluding ortho intramolecular Hbond substituents is 1. The monoisotopic (exact) mass is 610 g/mol. The molecule has 7 N–H and O–H groups in total. The highest BCUT2D eigenvalue weighted by atomic mass is 16.3. The molecule has 0 saturated heterocycles. The number of nitrogens with two attached hydrogens (primary N) is 3. The summed E-state index contributed by atoms with van der Waals surface area (Å²) in [5.74, 6) is -4.34. The number of aryl methyl sites for hydroxylation is 1. The van der Waals surface area contributed by atoms with Crippen LogP contribution in [0.15, 0.2) is 30.3 Å². The number of primary amides is 1. The Hall–Kier alpha value is -4.88. The van der Waals surface area contributed by atoms with Gasteiger partial charge in [-0.2, -0.15) is 5.26 Å². The third kappa shape index (κ3) is 4.21. The van der Waals surface area contributed by atoms with Crippen molar-refractivity contribution in [2.75, 3.05) is 33.1 Å². The zero-order valence-corrected chi connectivity index (χ0v) is 25.6. The molecule has 232 valence electrons. The van der Waals surface area contributed by atoms with Gasteiger partial charge in [-0.15, -0.1) is 0 Å². The van der Waals surface area contributed by atoms with E-state index in [-0.39, 0.29) is 17.5 Å². The van der Waals surface area contributed by atoms with Crippen LogP contribution in [-0.4, -0.2) is 84.4 Å². The zero-order chi connectivity index (χ0) is 33.4. The van der Waals surface area contributed by atoms with Crippen LogP contribution in [0.5, 0.6) is 5.75 Å². The van der Waals surface area contributed by atoms with Crippen LogP contribution >= 0.6 is 0 Å². The Balaban J connectivity index is 1.75. The fraction of sp³-hybridized carbons (Fsp3) is 0.394.